The molecule has 2 amide bonds. The van der Waals surface area contributed by atoms with Crippen molar-refractivity contribution < 1.29 is 18.0 Å². The minimum atomic E-state index is -3.85. The lowest BCUT2D eigenvalue weighted by molar-refractivity contribution is -0.140. The van der Waals surface area contributed by atoms with Crippen molar-refractivity contribution in [3.05, 3.63) is 97.9 Å². The zero-order valence-electron chi connectivity index (χ0n) is 21.8. The molecule has 39 heavy (non-hydrogen) atoms. The molecular formula is C28H30BrCl2N3O4S. The number of halogens is 3. The summed E-state index contributed by atoms with van der Waals surface area (Å²) in [7, 11) is -3.85. The van der Waals surface area contributed by atoms with Gasteiger partial charge in [-0.15, -0.1) is 0 Å². The van der Waals surface area contributed by atoms with Crippen LogP contribution in [0.2, 0.25) is 10.0 Å². The molecule has 0 heterocycles. The number of hydrogen-bond acceptors (Lipinski definition) is 4. The molecule has 3 aromatic rings. The van der Waals surface area contributed by atoms with E-state index in [1.54, 1.807) is 43.3 Å². The van der Waals surface area contributed by atoms with E-state index in [0.717, 1.165) is 26.2 Å². The predicted molar refractivity (Wildman–Crippen MR) is 161 cm³/mol. The number of carbonyl (C=O) groups is 2. The zero-order valence-corrected chi connectivity index (χ0v) is 25.7. The third-order valence-electron chi connectivity index (χ3n) is 6.09. The molecule has 0 aliphatic heterocycles. The summed E-state index contributed by atoms with van der Waals surface area (Å²) in [6.45, 7) is 3.45. The lowest BCUT2D eigenvalue weighted by Gasteiger charge is -2.33. The number of hydrogen-bond donors (Lipinski definition) is 1. The highest BCUT2D eigenvalue weighted by Gasteiger charge is 2.33. The summed E-state index contributed by atoms with van der Waals surface area (Å²) in [6, 6.07) is 18.3. The topological polar surface area (TPSA) is 86.8 Å². The normalized spacial score (nSPS) is 12.1. The predicted octanol–water partition coefficient (Wildman–Crippen LogP) is 5.61. The van der Waals surface area contributed by atoms with Gasteiger partial charge in [0.15, 0.2) is 0 Å². The molecule has 1 N–H and O–H groups in total. The van der Waals surface area contributed by atoms with Gasteiger partial charge in [0.05, 0.1) is 11.9 Å². The Morgan fingerprint density at radius 2 is 1.72 bits per heavy atom. The van der Waals surface area contributed by atoms with Crippen LogP contribution in [0.25, 0.3) is 0 Å². The van der Waals surface area contributed by atoms with Crippen molar-refractivity contribution in [3.8, 4) is 0 Å². The number of likely N-dealkylation sites (N-methyl/N-ethyl adjacent to an activating group) is 1. The molecular weight excluding hydrogens is 625 g/mol. The lowest BCUT2D eigenvalue weighted by Crippen LogP contribution is -2.53. The fourth-order valence-electron chi connectivity index (χ4n) is 4.08. The first kappa shape index (κ1) is 30.9. The fourth-order valence-corrected chi connectivity index (χ4v) is 5.63. The summed E-state index contributed by atoms with van der Waals surface area (Å²) in [5.74, 6) is -0.913. The van der Waals surface area contributed by atoms with Gasteiger partial charge in [-0.1, -0.05) is 75.5 Å². The van der Waals surface area contributed by atoms with E-state index in [2.05, 4.69) is 21.2 Å². The van der Waals surface area contributed by atoms with Crippen LogP contribution in [-0.2, 0) is 32.6 Å². The minimum Gasteiger partial charge on any atom is -0.355 e. The van der Waals surface area contributed by atoms with E-state index in [4.69, 9.17) is 23.2 Å². The van der Waals surface area contributed by atoms with Crippen LogP contribution in [0.5, 0.6) is 0 Å². The Kier molecular flexibility index (Phi) is 10.8. The van der Waals surface area contributed by atoms with Crippen LogP contribution in [0.3, 0.4) is 0 Å². The maximum absolute atomic E-state index is 14.0. The van der Waals surface area contributed by atoms with Gasteiger partial charge in [0.25, 0.3) is 0 Å². The second-order valence-electron chi connectivity index (χ2n) is 9.06. The zero-order chi connectivity index (χ0) is 28.7. The summed E-state index contributed by atoms with van der Waals surface area (Å²) in [6.07, 6.45) is 1.27. The third-order valence-corrected chi connectivity index (χ3v) is 8.70. The van der Waals surface area contributed by atoms with E-state index >= 15 is 0 Å². The van der Waals surface area contributed by atoms with Crippen LogP contribution in [0.1, 0.15) is 23.6 Å². The first-order chi connectivity index (χ1) is 18.4. The highest BCUT2D eigenvalue weighted by Crippen LogP contribution is 2.27. The van der Waals surface area contributed by atoms with Crippen LogP contribution >= 0.6 is 39.1 Å². The highest BCUT2D eigenvalue weighted by molar-refractivity contribution is 9.10. The SMILES string of the molecule is CCNC(=O)C(Cc1ccccc1)N(Cc1ccc(Cl)cc1Cl)C(=O)CN(c1ccc(Br)c(C)c1)S(C)(=O)=O. The number of aryl methyl sites for hydroxylation is 1. The quantitative estimate of drug-likeness (QED) is 0.291. The van der Waals surface area contributed by atoms with Crippen molar-refractivity contribution in [1.82, 2.24) is 10.2 Å². The van der Waals surface area contributed by atoms with Crippen molar-refractivity contribution >= 4 is 66.7 Å². The van der Waals surface area contributed by atoms with Gasteiger partial charge in [-0.2, -0.15) is 0 Å². The molecule has 3 aromatic carbocycles. The summed E-state index contributed by atoms with van der Waals surface area (Å²) in [4.78, 5) is 28.8. The van der Waals surface area contributed by atoms with Crippen molar-refractivity contribution in [2.75, 3.05) is 23.7 Å². The first-order valence-electron chi connectivity index (χ1n) is 12.2. The Labute approximate surface area is 248 Å². The number of sulfonamides is 1. The number of rotatable bonds is 11. The Morgan fingerprint density at radius 3 is 2.31 bits per heavy atom. The molecule has 0 bridgehead atoms. The number of amides is 2. The number of benzene rings is 3. The molecule has 1 atom stereocenters. The van der Waals surface area contributed by atoms with Gasteiger partial charge in [0.1, 0.15) is 12.6 Å². The van der Waals surface area contributed by atoms with E-state index in [9.17, 15) is 18.0 Å². The van der Waals surface area contributed by atoms with E-state index in [-0.39, 0.29) is 18.9 Å². The van der Waals surface area contributed by atoms with Gasteiger partial charge < -0.3 is 10.2 Å². The molecule has 1 unspecified atom stereocenters. The van der Waals surface area contributed by atoms with Gasteiger partial charge in [0, 0.05) is 34.0 Å². The van der Waals surface area contributed by atoms with E-state index < -0.39 is 28.5 Å². The Balaban J connectivity index is 2.07. The van der Waals surface area contributed by atoms with Gasteiger partial charge in [-0.3, -0.25) is 13.9 Å². The molecule has 7 nitrogen and oxygen atoms in total. The molecule has 0 saturated heterocycles. The number of nitrogens with one attached hydrogen (secondary N) is 1. The molecule has 0 radical (unpaired) electrons. The average Bonchev–Trinajstić information content (AvgIpc) is 2.87. The van der Waals surface area contributed by atoms with E-state index in [0.29, 0.717) is 27.8 Å². The largest absolute Gasteiger partial charge is 0.355 e. The maximum Gasteiger partial charge on any atom is 0.244 e. The van der Waals surface area contributed by atoms with Crippen molar-refractivity contribution in [2.45, 2.75) is 32.9 Å². The van der Waals surface area contributed by atoms with Crippen LogP contribution in [0, 0.1) is 6.92 Å². The third kappa shape index (κ3) is 8.45. The summed E-state index contributed by atoms with van der Waals surface area (Å²) in [5, 5.41) is 3.58. The smallest absolute Gasteiger partial charge is 0.244 e. The van der Waals surface area contributed by atoms with Gasteiger partial charge in [-0.25, -0.2) is 8.42 Å². The molecule has 3 rings (SSSR count). The molecule has 0 aliphatic rings. The van der Waals surface area contributed by atoms with Crippen molar-refractivity contribution in [3.63, 3.8) is 0 Å². The van der Waals surface area contributed by atoms with Crippen LogP contribution in [0.15, 0.2) is 71.2 Å². The molecule has 0 saturated carbocycles. The molecule has 0 fully saturated rings. The number of carbonyl (C=O) groups excluding carboxylic acids is 2. The lowest BCUT2D eigenvalue weighted by atomic mass is 10.0. The second-order valence-corrected chi connectivity index (χ2v) is 12.7. The van der Waals surface area contributed by atoms with Crippen molar-refractivity contribution in [2.24, 2.45) is 0 Å². The van der Waals surface area contributed by atoms with Gasteiger partial charge in [0.2, 0.25) is 21.8 Å². The van der Waals surface area contributed by atoms with Gasteiger partial charge in [-0.05, 0) is 60.9 Å². The van der Waals surface area contributed by atoms with E-state index in [1.807, 2.05) is 37.3 Å². The average molecular weight is 655 g/mol. The first-order valence-corrected chi connectivity index (χ1v) is 15.6. The Morgan fingerprint density at radius 1 is 1.03 bits per heavy atom. The number of anilines is 1. The van der Waals surface area contributed by atoms with Crippen molar-refractivity contribution in [1.29, 1.82) is 0 Å². The number of nitrogens with zero attached hydrogens (tertiary/aromatic N) is 2. The summed E-state index contributed by atoms with van der Waals surface area (Å²) < 4.78 is 27.6. The minimum absolute atomic E-state index is 0.0273. The molecule has 0 spiro atoms. The standard InChI is InChI=1S/C28H30BrCl2N3O4S/c1-4-32-28(36)26(15-20-8-6-5-7-9-20)33(17-21-10-11-22(30)16-25(21)31)27(35)18-34(39(3,37)38)23-12-13-24(29)19(2)14-23/h5-14,16,26H,4,15,17-18H2,1-3H3,(H,32,36). The summed E-state index contributed by atoms with van der Waals surface area (Å²) in [5.41, 5.74) is 2.57. The van der Waals surface area contributed by atoms with E-state index in [1.165, 1.54) is 4.90 Å². The Bertz CT molecular complexity index is 1440. The highest BCUT2D eigenvalue weighted by atomic mass is 79.9. The molecule has 11 heteroatoms. The molecule has 0 aromatic heterocycles. The molecule has 208 valence electrons. The monoisotopic (exact) mass is 653 g/mol. The fraction of sp³-hybridized carbons (Fsp3) is 0.286. The van der Waals surface area contributed by atoms with Crippen LogP contribution in [0.4, 0.5) is 5.69 Å². The Hall–Kier alpha value is -2.59. The molecule has 0 aliphatic carbocycles. The van der Waals surface area contributed by atoms with Crippen LogP contribution < -0.4 is 9.62 Å². The van der Waals surface area contributed by atoms with Gasteiger partial charge >= 0.3 is 0 Å². The summed E-state index contributed by atoms with van der Waals surface area (Å²) >= 11 is 16.0. The van der Waals surface area contributed by atoms with Crippen LogP contribution in [-0.4, -0.2) is 50.5 Å². The maximum atomic E-state index is 14.0. The second kappa shape index (κ2) is 13.7.